The van der Waals surface area contributed by atoms with Gasteiger partial charge in [0, 0.05) is 0 Å². The zero-order valence-electron chi connectivity index (χ0n) is 17.9. The third-order valence-corrected chi connectivity index (χ3v) is 5.32. The van der Waals surface area contributed by atoms with E-state index in [-0.39, 0.29) is 22.9 Å². The zero-order chi connectivity index (χ0) is 24.2. The van der Waals surface area contributed by atoms with Crippen molar-refractivity contribution in [2.24, 2.45) is 0 Å². The molecule has 0 spiro atoms. The van der Waals surface area contributed by atoms with Crippen LogP contribution in [-0.4, -0.2) is 30.1 Å². The van der Waals surface area contributed by atoms with Crippen molar-refractivity contribution < 1.29 is 29.0 Å². The molecule has 0 aromatic heterocycles. The lowest BCUT2D eigenvalue weighted by atomic mass is 10.1. The molecule has 1 aliphatic rings. The molecule has 1 fully saturated rings. The lowest BCUT2D eigenvalue weighted by molar-refractivity contribution is -0.113. The number of nitrogens with zero attached hydrogens (tertiary/aromatic N) is 1. The van der Waals surface area contributed by atoms with Crippen LogP contribution >= 0.6 is 11.6 Å². The van der Waals surface area contributed by atoms with Gasteiger partial charge in [0.05, 0.1) is 23.4 Å². The molecule has 3 amide bonds. The maximum atomic E-state index is 12.8. The van der Waals surface area contributed by atoms with E-state index in [1.807, 2.05) is 0 Å². The highest BCUT2D eigenvalue weighted by Crippen LogP contribution is 2.38. The molecule has 0 aliphatic carbocycles. The molecule has 2 N–H and O–H groups in total. The van der Waals surface area contributed by atoms with Crippen LogP contribution in [0.15, 0.2) is 72.4 Å². The van der Waals surface area contributed by atoms with Crippen molar-refractivity contribution in [2.45, 2.75) is 6.61 Å². The Morgan fingerprint density at radius 3 is 2.44 bits per heavy atom. The first kappa shape index (κ1) is 22.9. The van der Waals surface area contributed by atoms with Gasteiger partial charge in [-0.15, -0.1) is 0 Å². The highest BCUT2D eigenvalue weighted by molar-refractivity contribution is 6.32. The second-order valence-corrected chi connectivity index (χ2v) is 7.70. The van der Waals surface area contributed by atoms with Gasteiger partial charge in [-0.05, 0) is 53.6 Å². The number of halogens is 1. The van der Waals surface area contributed by atoms with Crippen LogP contribution in [0.25, 0.3) is 6.08 Å². The summed E-state index contributed by atoms with van der Waals surface area (Å²) in [6.45, 7) is 0.136. The van der Waals surface area contributed by atoms with Crippen LogP contribution in [0.5, 0.6) is 11.5 Å². The van der Waals surface area contributed by atoms with Crippen molar-refractivity contribution in [1.29, 1.82) is 0 Å². The minimum atomic E-state index is -1.01. The molecule has 3 aromatic rings. The van der Waals surface area contributed by atoms with Crippen LogP contribution in [0, 0.1) is 0 Å². The van der Waals surface area contributed by atoms with Gasteiger partial charge in [0.25, 0.3) is 5.91 Å². The quantitative estimate of drug-likeness (QED) is 0.376. The average molecular weight is 479 g/mol. The molecule has 0 radical (unpaired) electrons. The molecule has 4 rings (SSSR count). The number of para-hydroxylation sites is 1. The number of hydrogen-bond donors (Lipinski definition) is 2. The Hall–Kier alpha value is -4.30. The molecule has 3 aromatic carbocycles. The first-order valence-corrected chi connectivity index (χ1v) is 10.5. The first-order chi connectivity index (χ1) is 16.4. The summed E-state index contributed by atoms with van der Waals surface area (Å²) in [5.41, 5.74) is 2.01. The Morgan fingerprint density at radius 2 is 1.79 bits per heavy atom. The minimum Gasteiger partial charge on any atom is -0.493 e. The van der Waals surface area contributed by atoms with E-state index in [9.17, 15) is 14.4 Å². The summed E-state index contributed by atoms with van der Waals surface area (Å²) in [5, 5.41) is 11.8. The number of carbonyl (C=O) groups excluding carboxylic acids is 2. The molecule has 1 saturated heterocycles. The number of methoxy groups -OCH3 is 1. The van der Waals surface area contributed by atoms with Crippen LogP contribution in [0.2, 0.25) is 5.02 Å². The van der Waals surface area contributed by atoms with Crippen molar-refractivity contribution in [1.82, 2.24) is 5.32 Å². The first-order valence-electron chi connectivity index (χ1n) is 10.1. The zero-order valence-corrected chi connectivity index (χ0v) is 18.7. The summed E-state index contributed by atoms with van der Waals surface area (Å²) in [4.78, 5) is 37.2. The van der Waals surface area contributed by atoms with Gasteiger partial charge in [-0.25, -0.2) is 14.5 Å². The number of carboxylic acid groups (broad SMARTS) is 1. The van der Waals surface area contributed by atoms with Crippen LogP contribution in [-0.2, 0) is 11.4 Å². The van der Waals surface area contributed by atoms with Crippen molar-refractivity contribution in [3.05, 3.63) is 94.1 Å². The van der Waals surface area contributed by atoms with Gasteiger partial charge >= 0.3 is 12.0 Å². The molecule has 0 atom stereocenters. The van der Waals surface area contributed by atoms with E-state index >= 15 is 0 Å². The number of amides is 3. The molecule has 8 nitrogen and oxygen atoms in total. The Balaban J connectivity index is 1.55. The number of nitrogens with one attached hydrogen (secondary N) is 1. The Bertz CT molecular complexity index is 1290. The molecule has 172 valence electrons. The van der Waals surface area contributed by atoms with E-state index in [1.165, 1.54) is 25.3 Å². The fourth-order valence-electron chi connectivity index (χ4n) is 3.38. The predicted molar refractivity (Wildman–Crippen MR) is 126 cm³/mol. The second kappa shape index (κ2) is 9.68. The van der Waals surface area contributed by atoms with E-state index in [4.69, 9.17) is 26.2 Å². The summed E-state index contributed by atoms with van der Waals surface area (Å²) in [7, 11) is 1.46. The number of anilines is 1. The topological polar surface area (TPSA) is 105 Å². The standard InChI is InChI=1S/C25H19ClN2O6/c1-33-21-13-16(12-20-23(29)28(25(32)27-20)18-5-3-2-4-6-18)11-19(26)22(21)34-14-15-7-9-17(10-8-15)24(30)31/h2-13H,14H2,1H3,(H,27,32)(H,30,31)/b20-12-. The van der Waals surface area contributed by atoms with Crippen molar-refractivity contribution in [2.75, 3.05) is 12.0 Å². The van der Waals surface area contributed by atoms with Crippen LogP contribution in [0.4, 0.5) is 10.5 Å². The highest BCUT2D eigenvalue weighted by atomic mass is 35.5. The monoisotopic (exact) mass is 478 g/mol. The van der Waals surface area contributed by atoms with Gasteiger partial charge in [-0.1, -0.05) is 41.9 Å². The summed E-state index contributed by atoms with van der Waals surface area (Å²) in [6.07, 6.45) is 1.51. The molecule has 1 aliphatic heterocycles. The summed E-state index contributed by atoms with van der Waals surface area (Å²) >= 11 is 6.43. The molecule has 0 bridgehead atoms. The van der Waals surface area contributed by atoms with Crippen molar-refractivity contribution in [3.8, 4) is 11.5 Å². The number of imide groups is 1. The molecule has 34 heavy (non-hydrogen) atoms. The lowest BCUT2D eigenvalue weighted by Gasteiger charge is -2.14. The van der Waals surface area contributed by atoms with E-state index < -0.39 is 17.9 Å². The van der Waals surface area contributed by atoms with Gasteiger partial charge in [-0.2, -0.15) is 0 Å². The third-order valence-electron chi connectivity index (χ3n) is 5.04. The van der Waals surface area contributed by atoms with Gasteiger partial charge < -0.3 is 19.9 Å². The SMILES string of the molecule is COc1cc(/C=C2\NC(=O)N(c3ccccc3)C2=O)cc(Cl)c1OCc1ccc(C(=O)O)cc1. The van der Waals surface area contributed by atoms with Crippen LogP contribution in [0.3, 0.4) is 0 Å². The van der Waals surface area contributed by atoms with Crippen LogP contribution in [0.1, 0.15) is 21.5 Å². The number of urea groups is 1. The smallest absolute Gasteiger partial charge is 0.335 e. The van der Waals surface area contributed by atoms with E-state index in [2.05, 4.69) is 5.32 Å². The minimum absolute atomic E-state index is 0.0964. The van der Waals surface area contributed by atoms with Gasteiger partial charge in [0.15, 0.2) is 11.5 Å². The molecular weight excluding hydrogens is 460 g/mol. The number of aromatic carboxylic acids is 1. The number of rotatable bonds is 7. The van der Waals surface area contributed by atoms with E-state index in [1.54, 1.807) is 54.6 Å². The highest BCUT2D eigenvalue weighted by Gasteiger charge is 2.34. The second-order valence-electron chi connectivity index (χ2n) is 7.29. The van der Waals surface area contributed by atoms with Crippen LogP contribution < -0.4 is 19.7 Å². The number of hydrogen-bond acceptors (Lipinski definition) is 5. The fourth-order valence-corrected chi connectivity index (χ4v) is 3.65. The van der Waals surface area contributed by atoms with Gasteiger partial charge in [0.2, 0.25) is 0 Å². The maximum absolute atomic E-state index is 12.8. The van der Waals surface area contributed by atoms with Crippen molar-refractivity contribution >= 4 is 41.3 Å². The Morgan fingerprint density at radius 1 is 1.09 bits per heavy atom. The number of ether oxygens (including phenoxy) is 2. The molecule has 1 heterocycles. The number of carboxylic acids is 1. The molecule has 9 heteroatoms. The van der Waals surface area contributed by atoms with Gasteiger partial charge in [-0.3, -0.25) is 4.79 Å². The largest absolute Gasteiger partial charge is 0.493 e. The van der Waals surface area contributed by atoms with Gasteiger partial charge in [0.1, 0.15) is 12.3 Å². The summed E-state index contributed by atoms with van der Waals surface area (Å²) in [6, 6.07) is 17.5. The molecular formula is C25H19ClN2O6. The Kier molecular flexibility index (Phi) is 6.51. The van der Waals surface area contributed by atoms with Crippen molar-refractivity contribution in [3.63, 3.8) is 0 Å². The normalized spacial score (nSPS) is 14.3. The summed E-state index contributed by atoms with van der Waals surface area (Å²) < 4.78 is 11.2. The summed E-state index contributed by atoms with van der Waals surface area (Å²) in [5.74, 6) is -0.873. The molecule has 0 saturated carbocycles. The molecule has 0 unspecified atom stereocenters. The maximum Gasteiger partial charge on any atom is 0.335 e. The van der Waals surface area contributed by atoms with E-state index in [0.717, 1.165) is 10.5 Å². The third kappa shape index (κ3) is 4.72. The fraction of sp³-hybridized carbons (Fsp3) is 0.0800. The van der Waals surface area contributed by atoms with E-state index in [0.29, 0.717) is 22.7 Å². The number of carbonyl (C=O) groups is 3. The predicted octanol–water partition coefficient (Wildman–Crippen LogP) is 4.72. The lowest BCUT2D eigenvalue weighted by Crippen LogP contribution is -2.30. The Labute approximate surface area is 200 Å². The average Bonchev–Trinajstić information content (AvgIpc) is 3.11. The number of benzene rings is 3.